The van der Waals surface area contributed by atoms with Gasteiger partial charge in [-0.2, -0.15) is 35.0 Å². The molecule has 0 aromatic heterocycles. The van der Waals surface area contributed by atoms with E-state index in [-0.39, 0.29) is 46.5 Å². The number of hydrogen-bond acceptors (Lipinski definition) is 0. The molecule has 0 atom stereocenters. The van der Waals surface area contributed by atoms with Gasteiger partial charge in [0.1, 0.15) is 0 Å². The van der Waals surface area contributed by atoms with Gasteiger partial charge in [-0.05, 0) is 0 Å². The molecule has 24 heavy (non-hydrogen) atoms. The quantitative estimate of drug-likeness (QED) is 0.276. The molecule has 0 aliphatic rings. The first-order valence-electron chi connectivity index (χ1n) is 7.30. The summed E-state index contributed by atoms with van der Waals surface area (Å²) in [6.07, 6.45) is 0. The van der Waals surface area contributed by atoms with Gasteiger partial charge in [-0.3, -0.25) is 0 Å². The van der Waals surface area contributed by atoms with Crippen LogP contribution in [0.4, 0.5) is 0 Å². The Hall–Kier alpha value is -0.829. The van der Waals surface area contributed by atoms with Gasteiger partial charge in [-0.1, -0.05) is 25.2 Å². The zero-order valence-electron chi connectivity index (χ0n) is 13.9. The average Bonchev–Trinajstić information content (AvgIpc) is 3.17. The van der Waals surface area contributed by atoms with Crippen molar-refractivity contribution in [1.82, 2.24) is 0 Å². The van der Waals surface area contributed by atoms with E-state index in [0.29, 0.717) is 0 Å². The van der Waals surface area contributed by atoms with Crippen LogP contribution in [-0.4, -0.2) is 9.52 Å². The Bertz CT molecular complexity index is 651. The van der Waals surface area contributed by atoms with Crippen molar-refractivity contribution in [3.63, 3.8) is 0 Å². The van der Waals surface area contributed by atoms with Gasteiger partial charge in [0.25, 0.3) is 0 Å². The molecule has 0 saturated carbocycles. The third-order valence-electron chi connectivity index (χ3n) is 3.10. The minimum absolute atomic E-state index is 0. The normalized spacial score (nSPS) is 8.42. The van der Waals surface area contributed by atoms with E-state index in [9.17, 15) is 0 Å². The van der Waals surface area contributed by atoms with Crippen LogP contribution in [0.25, 0.3) is 21.5 Å². The summed E-state index contributed by atoms with van der Waals surface area (Å²) in [7, 11) is 0.750. The van der Waals surface area contributed by atoms with E-state index >= 15 is 0 Å². The molecular weight excluding hydrogens is 387 g/mol. The van der Waals surface area contributed by atoms with E-state index in [2.05, 4.69) is 98.0 Å². The van der Waals surface area contributed by atoms with Crippen LogP contribution in [0.5, 0.6) is 0 Å². The predicted molar refractivity (Wildman–Crippen MR) is 98.0 cm³/mol. The van der Waals surface area contributed by atoms with Crippen LogP contribution < -0.4 is 24.8 Å². The van der Waals surface area contributed by atoms with Crippen LogP contribution >= 0.6 is 0 Å². The molecule has 0 heterocycles. The molecule has 4 heteroatoms. The summed E-state index contributed by atoms with van der Waals surface area (Å²) in [4.78, 5) is 0. The van der Waals surface area contributed by atoms with Crippen molar-refractivity contribution in [2.24, 2.45) is 0 Å². The average molecular weight is 408 g/mol. The molecule has 0 unspecified atom stereocenters. The third-order valence-corrected chi connectivity index (χ3v) is 3.10. The van der Waals surface area contributed by atoms with Crippen LogP contribution in [0.1, 0.15) is 0 Å². The fourth-order valence-corrected chi connectivity index (χ4v) is 2.14. The van der Waals surface area contributed by atoms with Crippen LogP contribution in [-0.2, 0) is 21.7 Å². The molecule has 4 aromatic rings. The largest absolute Gasteiger partial charge is 4.00 e. The number of hydrogen-bond donors (Lipinski definition) is 0. The first kappa shape index (κ1) is 25.4. The van der Waals surface area contributed by atoms with Gasteiger partial charge in [0.2, 0.25) is 0 Å². The van der Waals surface area contributed by atoms with E-state index < -0.39 is 0 Å². The molecule has 0 amide bonds. The maximum absolute atomic E-state index is 2.21. The summed E-state index contributed by atoms with van der Waals surface area (Å²) in [6, 6.07) is 29.3. The molecule has 0 aliphatic heterocycles. The van der Waals surface area contributed by atoms with Crippen molar-refractivity contribution in [1.29, 1.82) is 0 Å². The molecule has 1 radical (unpaired) electrons. The molecule has 0 saturated heterocycles. The molecule has 0 fully saturated rings. The second-order valence-electron chi connectivity index (χ2n) is 4.89. The second-order valence-corrected chi connectivity index (χ2v) is 6.04. The van der Waals surface area contributed by atoms with Gasteiger partial charge in [0.15, 0.2) is 0 Å². The molecule has 0 bridgehead atoms. The fourth-order valence-electron chi connectivity index (χ4n) is 2.14. The zero-order valence-corrected chi connectivity index (χ0v) is 18.1. The van der Waals surface area contributed by atoms with Crippen molar-refractivity contribution in [3.8, 4) is 0 Å². The van der Waals surface area contributed by atoms with Gasteiger partial charge >= 0.3 is 21.7 Å². The monoisotopic (exact) mass is 407 g/mol. The second kappa shape index (κ2) is 14.5. The Morgan fingerprint density at radius 1 is 0.625 bits per heavy atom. The SMILES string of the molecule is C[SiH]C.[Cl-].[Cl-].[Ti+4].c1ccc2[cH-]ccc2c1.c1ccc2[cH-]ccc2c1. The molecule has 0 nitrogen and oxygen atoms in total. The Morgan fingerprint density at radius 2 is 0.958 bits per heavy atom. The van der Waals surface area contributed by atoms with Crippen molar-refractivity contribution in [2.45, 2.75) is 13.1 Å². The summed E-state index contributed by atoms with van der Waals surface area (Å²) in [6.45, 7) is 4.42. The van der Waals surface area contributed by atoms with E-state index in [1.165, 1.54) is 21.5 Å². The Kier molecular flexibility index (Phi) is 15.4. The molecule has 0 aliphatic carbocycles. The predicted octanol–water partition coefficient (Wildman–Crippen LogP) is -0.358. The smallest absolute Gasteiger partial charge is 1.00 e. The van der Waals surface area contributed by atoms with Crippen molar-refractivity contribution in [2.75, 3.05) is 0 Å². The number of benzene rings is 2. The Labute approximate surface area is 174 Å². The molecule has 123 valence electrons. The summed E-state index contributed by atoms with van der Waals surface area (Å²) in [5.74, 6) is 0. The van der Waals surface area contributed by atoms with E-state index in [1.54, 1.807) is 0 Å². The molecule has 0 N–H and O–H groups in total. The van der Waals surface area contributed by atoms with Crippen molar-refractivity contribution >= 4 is 31.1 Å². The third kappa shape index (κ3) is 7.83. The Morgan fingerprint density at radius 3 is 1.29 bits per heavy atom. The minimum atomic E-state index is 0. The first-order chi connectivity index (χ1) is 10.3. The van der Waals surface area contributed by atoms with Gasteiger partial charge in [0, 0.05) is 9.52 Å². The minimum Gasteiger partial charge on any atom is -1.00 e. The van der Waals surface area contributed by atoms with Crippen molar-refractivity contribution in [3.05, 3.63) is 84.9 Å². The van der Waals surface area contributed by atoms with Gasteiger partial charge < -0.3 is 24.8 Å². The number of fused-ring (bicyclic) bond motifs is 2. The molecule has 0 spiro atoms. The summed E-state index contributed by atoms with van der Waals surface area (Å²) >= 11 is 0. The van der Waals surface area contributed by atoms with Crippen LogP contribution in [0.2, 0.25) is 13.1 Å². The van der Waals surface area contributed by atoms with Crippen LogP contribution in [0.15, 0.2) is 84.9 Å². The standard InChI is InChI=1S/2C9H7.C2H7Si.2ClH.Ti/c2*1-2-5-9-7-3-6-8(9)4-1;1-3-2;;;/h2*1-7H;3H,1-2H3;2*1H;/q2*-1;;;;+4/p-2. The maximum Gasteiger partial charge on any atom is 4.00 e. The molecule has 4 rings (SSSR count). The maximum atomic E-state index is 2.21. The Balaban J connectivity index is 0. The van der Waals surface area contributed by atoms with Crippen LogP contribution in [0, 0.1) is 0 Å². The van der Waals surface area contributed by atoms with Crippen molar-refractivity contribution < 1.29 is 46.5 Å². The van der Waals surface area contributed by atoms with E-state index in [0.717, 1.165) is 9.52 Å². The number of rotatable bonds is 0. The van der Waals surface area contributed by atoms with Gasteiger partial charge in [-0.15, -0.1) is 59.3 Å². The summed E-state index contributed by atoms with van der Waals surface area (Å²) < 4.78 is 0. The van der Waals surface area contributed by atoms with Gasteiger partial charge in [0.05, 0.1) is 0 Å². The summed E-state index contributed by atoms with van der Waals surface area (Å²) in [5.41, 5.74) is 0. The first-order valence-corrected chi connectivity index (χ1v) is 9.61. The van der Waals surface area contributed by atoms with Crippen LogP contribution in [0.3, 0.4) is 0 Å². The van der Waals surface area contributed by atoms with E-state index in [1.807, 2.05) is 0 Å². The zero-order chi connectivity index (χ0) is 14.9. The van der Waals surface area contributed by atoms with E-state index in [4.69, 9.17) is 0 Å². The molecular formula is C20H21Cl2SiTi. The fraction of sp³-hybridized carbons (Fsp3) is 0.100. The topological polar surface area (TPSA) is 0 Å². The summed E-state index contributed by atoms with van der Waals surface area (Å²) in [5, 5.41) is 5.32. The number of halogens is 2. The van der Waals surface area contributed by atoms with Gasteiger partial charge in [-0.25, -0.2) is 0 Å². The molecule has 4 aromatic carbocycles.